The van der Waals surface area contributed by atoms with Crippen LogP contribution in [-0.2, 0) is 13.0 Å². The number of halogens is 1. The van der Waals surface area contributed by atoms with E-state index in [2.05, 4.69) is 23.1 Å². The summed E-state index contributed by atoms with van der Waals surface area (Å²) < 4.78 is 19.5. The summed E-state index contributed by atoms with van der Waals surface area (Å²) in [5.74, 6) is 0.219. The van der Waals surface area contributed by atoms with Crippen molar-refractivity contribution in [2.45, 2.75) is 19.4 Å². The second-order valence-electron chi connectivity index (χ2n) is 5.34. The van der Waals surface area contributed by atoms with Gasteiger partial charge in [-0.2, -0.15) is 0 Å². The molecule has 1 aliphatic rings. The standard InChI is InChI=1S/C17H19FN2O/c1-21-17-10-16(14(18)9-15(17)19)20-8-4-7-12-5-2-3-6-13(12)11-20/h2-3,5-6,9-10H,4,7-8,11,19H2,1H3. The van der Waals surface area contributed by atoms with Crippen molar-refractivity contribution in [3.05, 3.63) is 53.3 Å². The average Bonchev–Trinajstić information content (AvgIpc) is 2.69. The van der Waals surface area contributed by atoms with Crippen LogP contribution in [0.2, 0.25) is 0 Å². The van der Waals surface area contributed by atoms with Crippen molar-refractivity contribution in [3.8, 4) is 5.75 Å². The van der Waals surface area contributed by atoms with Crippen LogP contribution in [0.5, 0.6) is 5.75 Å². The molecule has 1 heterocycles. The van der Waals surface area contributed by atoms with E-state index in [9.17, 15) is 4.39 Å². The second kappa shape index (κ2) is 5.64. The summed E-state index contributed by atoms with van der Waals surface area (Å²) in [7, 11) is 1.55. The van der Waals surface area contributed by atoms with Crippen molar-refractivity contribution in [3.63, 3.8) is 0 Å². The summed E-state index contributed by atoms with van der Waals surface area (Å²) in [6, 6.07) is 11.4. The van der Waals surface area contributed by atoms with Crippen molar-refractivity contribution in [2.75, 3.05) is 24.3 Å². The Bertz CT molecular complexity index is 657. The van der Waals surface area contributed by atoms with E-state index in [4.69, 9.17) is 10.5 Å². The molecule has 0 amide bonds. The minimum Gasteiger partial charge on any atom is -0.495 e. The van der Waals surface area contributed by atoms with Gasteiger partial charge in [0, 0.05) is 25.2 Å². The SMILES string of the molecule is COc1cc(N2CCCc3ccccc3C2)c(F)cc1N. The number of nitrogens with zero attached hydrogens (tertiary/aromatic N) is 1. The lowest BCUT2D eigenvalue weighted by Gasteiger charge is -2.24. The summed E-state index contributed by atoms with van der Waals surface area (Å²) in [6.07, 6.45) is 2.03. The molecule has 0 spiro atoms. The molecule has 3 nitrogen and oxygen atoms in total. The first-order chi connectivity index (χ1) is 10.2. The van der Waals surface area contributed by atoms with Gasteiger partial charge in [-0.3, -0.25) is 0 Å². The van der Waals surface area contributed by atoms with E-state index in [-0.39, 0.29) is 5.82 Å². The zero-order chi connectivity index (χ0) is 14.8. The number of rotatable bonds is 2. The molecule has 0 fully saturated rings. The lowest BCUT2D eigenvalue weighted by Crippen LogP contribution is -2.23. The highest BCUT2D eigenvalue weighted by Crippen LogP contribution is 2.33. The molecule has 0 saturated heterocycles. The summed E-state index contributed by atoms with van der Waals surface area (Å²) in [5, 5.41) is 0. The monoisotopic (exact) mass is 286 g/mol. The molecule has 0 unspecified atom stereocenters. The molecular formula is C17H19FN2O. The third kappa shape index (κ3) is 2.66. The van der Waals surface area contributed by atoms with Crippen LogP contribution >= 0.6 is 0 Å². The minimum absolute atomic E-state index is 0.298. The molecule has 0 radical (unpaired) electrons. The Hall–Kier alpha value is -2.23. The van der Waals surface area contributed by atoms with Crippen molar-refractivity contribution >= 4 is 11.4 Å². The third-order valence-electron chi connectivity index (χ3n) is 3.99. The number of hydrogen-bond donors (Lipinski definition) is 1. The largest absolute Gasteiger partial charge is 0.495 e. The number of hydrogen-bond acceptors (Lipinski definition) is 3. The Morgan fingerprint density at radius 3 is 2.71 bits per heavy atom. The topological polar surface area (TPSA) is 38.5 Å². The molecule has 0 saturated carbocycles. The van der Waals surface area contributed by atoms with E-state index in [0.717, 1.165) is 19.4 Å². The minimum atomic E-state index is -0.298. The highest BCUT2D eigenvalue weighted by molar-refractivity contribution is 5.63. The zero-order valence-electron chi connectivity index (χ0n) is 12.1. The number of fused-ring (bicyclic) bond motifs is 1. The normalized spacial score (nSPS) is 14.5. The lowest BCUT2D eigenvalue weighted by molar-refractivity contribution is 0.416. The molecule has 0 aliphatic carbocycles. The van der Waals surface area contributed by atoms with Crippen LogP contribution in [0.15, 0.2) is 36.4 Å². The Morgan fingerprint density at radius 2 is 1.95 bits per heavy atom. The average molecular weight is 286 g/mol. The number of methoxy groups -OCH3 is 1. The first-order valence-corrected chi connectivity index (χ1v) is 7.14. The highest BCUT2D eigenvalue weighted by atomic mass is 19.1. The number of nitrogen functional groups attached to an aromatic ring is 1. The van der Waals surface area contributed by atoms with E-state index < -0.39 is 0 Å². The van der Waals surface area contributed by atoms with Gasteiger partial charge >= 0.3 is 0 Å². The van der Waals surface area contributed by atoms with Crippen molar-refractivity contribution < 1.29 is 9.13 Å². The number of anilines is 2. The van der Waals surface area contributed by atoms with Gasteiger partial charge < -0.3 is 15.4 Å². The van der Waals surface area contributed by atoms with Crippen LogP contribution in [0.4, 0.5) is 15.8 Å². The highest BCUT2D eigenvalue weighted by Gasteiger charge is 2.19. The van der Waals surface area contributed by atoms with Gasteiger partial charge in [-0.05, 0) is 24.0 Å². The zero-order valence-corrected chi connectivity index (χ0v) is 12.1. The van der Waals surface area contributed by atoms with Crippen molar-refractivity contribution in [1.82, 2.24) is 0 Å². The first kappa shape index (κ1) is 13.7. The van der Waals surface area contributed by atoms with Crippen LogP contribution in [-0.4, -0.2) is 13.7 Å². The molecular weight excluding hydrogens is 267 g/mol. The van der Waals surface area contributed by atoms with Gasteiger partial charge in [-0.25, -0.2) is 4.39 Å². The Balaban J connectivity index is 1.97. The van der Waals surface area contributed by atoms with E-state index >= 15 is 0 Å². The van der Waals surface area contributed by atoms with E-state index in [0.29, 0.717) is 23.7 Å². The molecule has 4 heteroatoms. The summed E-state index contributed by atoms with van der Waals surface area (Å²) >= 11 is 0. The fourth-order valence-electron chi connectivity index (χ4n) is 2.88. The summed E-state index contributed by atoms with van der Waals surface area (Å²) in [6.45, 7) is 1.53. The van der Waals surface area contributed by atoms with E-state index in [1.54, 1.807) is 13.2 Å². The molecule has 110 valence electrons. The molecule has 0 atom stereocenters. The van der Waals surface area contributed by atoms with Gasteiger partial charge in [-0.15, -0.1) is 0 Å². The predicted molar refractivity (Wildman–Crippen MR) is 83.2 cm³/mol. The second-order valence-corrected chi connectivity index (χ2v) is 5.34. The van der Waals surface area contributed by atoms with Crippen LogP contribution in [0.3, 0.4) is 0 Å². The molecule has 2 aromatic rings. The van der Waals surface area contributed by atoms with Crippen molar-refractivity contribution in [1.29, 1.82) is 0 Å². The quantitative estimate of drug-likeness (QED) is 0.860. The number of aryl methyl sites for hydroxylation is 1. The summed E-state index contributed by atoms with van der Waals surface area (Å²) in [4.78, 5) is 2.06. The van der Waals surface area contributed by atoms with Gasteiger partial charge in [0.15, 0.2) is 0 Å². The van der Waals surface area contributed by atoms with Crippen LogP contribution < -0.4 is 15.4 Å². The van der Waals surface area contributed by atoms with Crippen molar-refractivity contribution in [2.24, 2.45) is 0 Å². The predicted octanol–water partition coefficient (Wildman–Crippen LogP) is 3.37. The fraction of sp³-hybridized carbons (Fsp3) is 0.294. The lowest BCUT2D eigenvalue weighted by atomic mass is 10.0. The molecule has 0 bridgehead atoms. The van der Waals surface area contributed by atoms with Gasteiger partial charge in [0.1, 0.15) is 11.6 Å². The molecule has 0 aromatic heterocycles. The van der Waals surface area contributed by atoms with Gasteiger partial charge in [-0.1, -0.05) is 24.3 Å². The molecule has 3 rings (SSSR count). The summed E-state index contributed by atoms with van der Waals surface area (Å²) in [5.41, 5.74) is 9.24. The van der Waals surface area contributed by atoms with Gasteiger partial charge in [0.2, 0.25) is 0 Å². The van der Waals surface area contributed by atoms with E-state index in [1.165, 1.54) is 17.2 Å². The Morgan fingerprint density at radius 1 is 1.19 bits per heavy atom. The molecule has 2 aromatic carbocycles. The van der Waals surface area contributed by atoms with Crippen LogP contribution in [0.25, 0.3) is 0 Å². The number of nitrogens with two attached hydrogens (primary N) is 1. The first-order valence-electron chi connectivity index (χ1n) is 7.14. The maximum atomic E-state index is 14.3. The smallest absolute Gasteiger partial charge is 0.148 e. The Kier molecular flexibility index (Phi) is 3.69. The fourth-order valence-corrected chi connectivity index (χ4v) is 2.88. The number of benzene rings is 2. The van der Waals surface area contributed by atoms with Crippen LogP contribution in [0.1, 0.15) is 17.5 Å². The number of ether oxygens (including phenoxy) is 1. The maximum Gasteiger partial charge on any atom is 0.148 e. The maximum absolute atomic E-state index is 14.3. The molecule has 1 aliphatic heterocycles. The van der Waals surface area contributed by atoms with Gasteiger partial charge in [0.25, 0.3) is 0 Å². The Labute approximate surface area is 124 Å². The van der Waals surface area contributed by atoms with Gasteiger partial charge in [0.05, 0.1) is 18.5 Å². The third-order valence-corrected chi connectivity index (χ3v) is 3.99. The molecule has 2 N–H and O–H groups in total. The van der Waals surface area contributed by atoms with Crippen LogP contribution in [0, 0.1) is 5.82 Å². The molecule has 21 heavy (non-hydrogen) atoms. The van der Waals surface area contributed by atoms with E-state index in [1.807, 2.05) is 6.07 Å².